The van der Waals surface area contributed by atoms with Crippen molar-refractivity contribution in [1.82, 2.24) is 19.8 Å². The van der Waals surface area contributed by atoms with Crippen molar-refractivity contribution >= 4 is 16.7 Å². The Bertz CT molecular complexity index is 1490. The van der Waals surface area contributed by atoms with E-state index in [2.05, 4.69) is 52.8 Å². The average Bonchev–Trinajstić information content (AvgIpc) is 2.99. The maximum absolute atomic E-state index is 15.5. The predicted molar refractivity (Wildman–Crippen MR) is 160 cm³/mol. The molecule has 0 aliphatic carbocycles. The smallest absolute Gasteiger partial charge is 0.128 e. The molecule has 1 aromatic heterocycles. The van der Waals surface area contributed by atoms with Gasteiger partial charge in [0.25, 0.3) is 0 Å². The van der Waals surface area contributed by atoms with Crippen molar-refractivity contribution in [2.24, 2.45) is 0 Å². The van der Waals surface area contributed by atoms with Crippen LogP contribution >= 0.6 is 0 Å². The molecule has 3 aromatic carbocycles. The average molecular weight is 540 g/mol. The lowest BCUT2D eigenvalue weighted by molar-refractivity contribution is 0.0336. The Hall–Kier alpha value is -3.39. The van der Waals surface area contributed by atoms with Crippen LogP contribution in [0, 0.1) is 19.7 Å². The van der Waals surface area contributed by atoms with Crippen LogP contribution in [0.25, 0.3) is 33.4 Å². The molecule has 4 aromatic rings. The lowest BCUT2D eigenvalue weighted by Gasteiger charge is -2.36. The highest BCUT2D eigenvalue weighted by Gasteiger charge is 2.19. The third kappa shape index (κ3) is 5.46. The maximum Gasteiger partial charge on any atom is 0.128 e. The second kappa shape index (κ2) is 11.6. The Balaban J connectivity index is 1.30. The van der Waals surface area contributed by atoms with Crippen molar-refractivity contribution in [2.75, 3.05) is 63.9 Å². The lowest BCUT2D eigenvalue weighted by atomic mass is 9.97. The van der Waals surface area contributed by atoms with Gasteiger partial charge in [-0.05, 0) is 61.3 Å². The number of piperazine rings is 1. The molecule has 6 rings (SSSR count). The Morgan fingerprint density at radius 2 is 1.62 bits per heavy atom. The fourth-order valence-electron chi connectivity index (χ4n) is 5.99. The van der Waals surface area contributed by atoms with Crippen LogP contribution in [0.15, 0.2) is 54.7 Å². The molecule has 40 heavy (non-hydrogen) atoms. The first-order valence-electron chi connectivity index (χ1n) is 14.4. The van der Waals surface area contributed by atoms with Crippen LogP contribution in [0.5, 0.6) is 0 Å². The Morgan fingerprint density at radius 3 is 2.35 bits per heavy atom. The standard InChI is InChI=1S/C33H38FN5O/c1-4-37-10-12-39(13-11-37)32-9-8-25(19-24(32)3)31-21-35-30-7-5-6-27(33(30)36-31)26-18-23(2)28(29(34)20-26)22-38-14-16-40-17-15-38/h5-9,18-21H,4,10-17,22H2,1-3H3. The summed E-state index contributed by atoms with van der Waals surface area (Å²) in [7, 11) is 0. The number of nitrogens with zero attached hydrogens (tertiary/aromatic N) is 5. The monoisotopic (exact) mass is 539 g/mol. The first-order valence-corrected chi connectivity index (χ1v) is 14.4. The highest BCUT2D eigenvalue weighted by Crippen LogP contribution is 2.33. The van der Waals surface area contributed by atoms with Crippen LogP contribution in [0.3, 0.4) is 0 Å². The summed E-state index contributed by atoms with van der Waals surface area (Å²) in [6.45, 7) is 15.5. The van der Waals surface area contributed by atoms with Gasteiger partial charge in [-0.25, -0.2) is 9.37 Å². The summed E-state index contributed by atoms with van der Waals surface area (Å²) in [5.41, 5.74) is 9.42. The summed E-state index contributed by atoms with van der Waals surface area (Å²) in [5.74, 6) is -0.173. The van der Waals surface area contributed by atoms with Crippen LogP contribution in [0.1, 0.15) is 23.6 Å². The first kappa shape index (κ1) is 26.8. The summed E-state index contributed by atoms with van der Waals surface area (Å²) in [6.07, 6.45) is 1.85. The van der Waals surface area contributed by atoms with Crippen molar-refractivity contribution in [3.63, 3.8) is 0 Å². The minimum absolute atomic E-state index is 0.173. The predicted octanol–water partition coefficient (Wildman–Crippen LogP) is 5.69. The second-order valence-electron chi connectivity index (χ2n) is 11.0. The number of morpholine rings is 1. The van der Waals surface area contributed by atoms with Crippen LogP contribution in [-0.4, -0.2) is 78.8 Å². The third-order valence-electron chi connectivity index (χ3n) is 8.44. The highest BCUT2D eigenvalue weighted by molar-refractivity contribution is 5.92. The van der Waals surface area contributed by atoms with E-state index in [9.17, 15) is 0 Å². The van der Waals surface area contributed by atoms with E-state index in [-0.39, 0.29) is 5.82 Å². The molecule has 0 spiro atoms. The molecular weight excluding hydrogens is 501 g/mol. The number of benzene rings is 3. The van der Waals surface area contributed by atoms with Gasteiger partial charge in [-0.3, -0.25) is 9.88 Å². The van der Waals surface area contributed by atoms with Gasteiger partial charge in [0.2, 0.25) is 0 Å². The van der Waals surface area contributed by atoms with E-state index in [1.54, 1.807) is 6.07 Å². The van der Waals surface area contributed by atoms with Crippen molar-refractivity contribution in [2.45, 2.75) is 27.3 Å². The molecule has 6 nitrogen and oxygen atoms in total. The number of para-hydroxylation sites is 1. The minimum atomic E-state index is -0.173. The molecule has 3 heterocycles. The van der Waals surface area contributed by atoms with E-state index in [1.165, 1.54) is 11.3 Å². The number of hydrogen-bond donors (Lipinski definition) is 0. The molecule has 0 atom stereocenters. The van der Waals surface area contributed by atoms with E-state index in [1.807, 2.05) is 31.3 Å². The van der Waals surface area contributed by atoms with Crippen LogP contribution < -0.4 is 4.90 Å². The number of hydrogen-bond acceptors (Lipinski definition) is 6. The molecule has 0 saturated carbocycles. The van der Waals surface area contributed by atoms with Gasteiger partial charge in [-0.2, -0.15) is 0 Å². The van der Waals surface area contributed by atoms with Crippen molar-refractivity contribution < 1.29 is 9.13 Å². The quantitative estimate of drug-likeness (QED) is 0.314. The zero-order chi connectivity index (χ0) is 27.6. The van der Waals surface area contributed by atoms with Gasteiger partial charge in [0.05, 0.1) is 36.1 Å². The van der Waals surface area contributed by atoms with Gasteiger partial charge in [0.15, 0.2) is 0 Å². The Labute approximate surface area is 236 Å². The minimum Gasteiger partial charge on any atom is -0.379 e. The molecule has 2 aliphatic heterocycles. The van der Waals surface area contributed by atoms with Gasteiger partial charge >= 0.3 is 0 Å². The summed E-state index contributed by atoms with van der Waals surface area (Å²) < 4.78 is 20.9. The highest BCUT2D eigenvalue weighted by atomic mass is 19.1. The molecule has 0 N–H and O–H groups in total. The summed E-state index contributed by atoms with van der Waals surface area (Å²) in [5, 5.41) is 0. The molecule has 208 valence electrons. The Kier molecular flexibility index (Phi) is 7.78. The molecule has 0 unspecified atom stereocenters. The van der Waals surface area contributed by atoms with E-state index in [0.29, 0.717) is 19.8 Å². The molecule has 7 heteroatoms. The molecule has 2 fully saturated rings. The van der Waals surface area contributed by atoms with Gasteiger partial charge in [-0.15, -0.1) is 0 Å². The summed E-state index contributed by atoms with van der Waals surface area (Å²) >= 11 is 0. The zero-order valence-corrected chi connectivity index (χ0v) is 23.8. The number of rotatable bonds is 6. The number of fused-ring (bicyclic) bond motifs is 1. The molecular formula is C33H38FN5O. The van der Waals surface area contributed by atoms with Crippen molar-refractivity contribution in [3.05, 3.63) is 77.2 Å². The van der Waals surface area contributed by atoms with Crippen LogP contribution in [0.2, 0.25) is 0 Å². The molecule has 2 saturated heterocycles. The molecule has 0 amide bonds. The third-order valence-corrected chi connectivity index (χ3v) is 8.44. The summed E-state index contributed by atoms with van der Waals surface area (Å²) in [4.78, 5) is 17.1. The van der Waals surface area contributed by atoms with Crippen LogP contribution in [-0.2, 0) is 11.3 Å². The summed E-state index contributed by atoms with van der Waals surface area (Å²) in [6, 6.07) is 16.3. The lowest BCUT2D eigenvalue weighted by Crippen LogP contribution is -2.46. The Morgan fingerprint density at radius 1 is 0.850 bits per heavy atom. The molecule has 0 radical (unpaired) electrons. The number of halogens is 1. The number of likely N-dealkylation sites (N-methyl/N-ethyl adjacent to an activating group) is 1. The van der Waals surface area contributed by atoms with Crippen molar-refractivity contribution in [3.8, 4) is 22.4 Å². The van der Waals surface area contributed by atoms with Crippen molar-refractivity contribution in [1.29, 1.82) is 0 Å². The molecule has 0 bridgehead atoms. The number of anilines is 1. The van der Waals surface area contributed by atoms with E-state index < -0.39 is 0 Å². The van der Waals surface area contributed by atoms with Crippen LogP contribution in [0.4, 0.5) is 10.1 Å². The first-order chi connectivity index (χ1) is 19.5. The second-order valence-corrected chi connectivity index (χ2v) is 11.0. The van der Waals surface area contributed by atoms with E-state index >= 15 is 4.39 Å². The van der Waals surface area contributed by atoms with Gasteiger partial charge < -0.3 is 14.5 Å². The maximum atomic E-state index is 15.5. The molecule has 2 aliphatic rings. The van der Waals surface area contributed by atoms with Gasteiger partial charge in [-0.1, -0.05) is 31.2 Å². The topological polar surface area (TPSA) is 44.7 Å². The zero-order valence-electron chi connectivity index (χ0n) is 23.8. The van der Waals surface area contributed by atoms with E-state index in [0.717, 1.165) is 90.4 Å². The van der Waals surface area contributed by atoms with E-state index in [4.69, 9.17) is 14.7 Å². The normalized spacial score (nSPS) is 17.1. The fraction of sp³-hybridized carbons (Fsp3) is 0.394. The number of aromatic nitrogens is 2. The van der Waals surface area contributed by atoms with Gasteiger partial charge in [0, 0.05) is 68.2 Å². The largest absolute Gasteiger partial charge is 0.379 e. The fourth-order valence-corrected chi connectivity index (χ4v) is 5.99. The van der Waals surface area contributed by atoms with Gasteiger partial charge in [0.1, 0.15) is 5.82 Å². The number of aryl methyl sites for hydroxylation is 2. The SMILES string of the molecule is CCN1CCN(c2ccc(-c3cnc4cccc(-c5cc(C)c(CN6CCOCC6)c(F)c5)c4n3)cc2C)CC1. The number of ether oxygens (including phenoxy) is 1.